The molecule has 1 N–H and O–H groups in total. The summed E-state index contributed by atoms with van der Waals surface area (Å²) in [4.78, 5) is 13.6. The van der Waals surface area contributed by atoms with Gasteiger partial charge in [-0.15, -0.1) is 0 Å². The second-order valence-electron chi connectivity index (χ2n) is 5.95. The Bertz CT molecular complexity index is 456. The van der Waals surface area contributed by atoms with Gasteiger partial charge < -0.3 is 5.11 Å². The van der Waals surface area contributed by atoms with Crippen molar-refractivity contribution in [2.45, 2.75) is 46.1 Å². The van der Waals surface area contributed by atoms with E-state index in [-0.39, 0.29) is 0 Å². The van der Waals surface area contributed by atoms with Gasteiger partial charge in [0.15, 0.2) is 0 Å². The molecule has 1 heterocycles. The summed E-state index contributed by atoms with van der Waals surface area (Å²) < 4.78 is 0. The molecule has 0 amide bonds. The lowest BCUT2D eigenvalue weighted by molar-refractivity contribution is 0.0688. The number of likely N-dealkylation sites (tertiary alicyclic amines) is 1. The molecule has 1 aliphatic rings. The number of piperidine rings is 1. The fourth-order valence-electron chi connectivity index (χ4n) is 3.25. The molecule has 1 aromatic carbocycles. The minimum atomic E-state index is -0.825. The van der Waals surface area contributed by atoms with E-state index < -0.39 is 5.97 Å². The normalized spacial score (nSPS) is 18.9. The number of hydrogen-bond acceptors (Lipinski definition) is 2. The largest absolute Gasteiger partial charge is 0.478 e. The highest BCUT2D eigenvalue weighted by molar-refractivity contribution is 5.89. The zero-order chi connectivity index (χ0) is 14.6. The van der Waals surface area contributed by atoms with E-state index in [1.807, 2.05) is 12.1 Å². The van der Waals surface area contributed by atoms with E-state index in [9.17, 15) is 9.90 Å². The molecule has 110 valence electrons. The number of carboxylic acids is 1. The van der Waals surface area contributed by atoms with Gasteiger partial charge in [0.25, 0.3) is 0 Å². The lowest BCUT2D eigenvalue weighted by Gasteiger charge is -2.41. The first-order valence-electron chi connectivity index (χ1n) is 7.64. The maximum Gasteiger partial charge on any atom is 0.336 e. The van der Waals surface area contributed by atoms with Crippen LogP contribution in [-0.2, 0) is 6.54 Å². The Labute approximate surface area is 121 Å². The van der Waals surface area contributed by atoms with Gasteiger partial charge in [-0.2, -0.15) is 0 Å². The highest BCUT2D eigenvalue weighted by Gasteiger charge is 2.31. The maximum absolute atomic E-state index is 11.2. The maximum atomic E-state index is 11.2. The summed E-state index contributed by atoms with van der Waals surface area (Å²) in [5.74, 6) is -0.825. The average molecular weight is 275 g/mol. The zero-order valence-corrected chi connectivity index (χ0v) is 12.6. The van der Waals surface area contributed by atoms with Crippen molar-refractivity contribution >= 4 is 5.97 Å². The topological polar surface area (TPSA) is 40.5 Å². The molecule has 0 radical (unpaired) electrons. The smallest absolute Gasteiger partial charge is 0.336 e. The van der Waals surface area contributed by atoms with Crippen LogP contribution in [0.4, 0.5) is 0 Å². The Morgan fingerprint density at radius 3 is 2.35 bits per heavy atom. The van der Waals surface area contributed by atoms with Crippen LogP contribution in [-0.4, -0.2) is 29.1 Å². The van der Waals surface area contributed by atoms with E-state index in [1.54, 1.807) is 12.1 Å². The molecule has 0 aliphatic carbocycles. The van der Waals surface area contributed by atoms with Crippen molar-refractivity contribution in [3.63, 3.8) is 0 Å². The zero-order valence-electron chi connectivity index (χ0n) is 12.6. The van der Waals surface area contributed by atoms with Crippen molar-refractivity contribution in [2.24, 2.45) is 5.41 Å². The summed E-state index contributed by atoms with van der Waals surface area (Å²) in [6.45, 7) is 7.50. The Hall–Kier alpha value is -1.35. The molecular weight excluding hydrogens is 250 g/mol. The summed E-state index contributed by atoms with van der Waals surface area (Å²) in [5, 5.41) is 9.24. The summed E-state index contributed by atoms with van der Waals surface area (Å²) in [5.41, 5.74) is 1.89. The van der Waals surface area contributed by atoms with Crippen molar-refractivity contribution in [3.8, 4) is 0 Å². The first-order valence-corrected chi connectivity index (χ1v) is 7.64. The van der Waals surface area contributed by atoms with E-state index in [4.69, 9.17) is 0 Å². The van der Waals surface area contributed by atoms with Gasteiger partial charge >= 0.3 is 5.97 Å². The molecule has 1 aromatic rings. The van der Waals surface area contributed by atoms with Gasteiger partial charge in [-0.05, 0) is 43.0 Å². The second-order valence-corrected chi connectivity index (χ2v) is 5.95. The molecule has 0 saturated carbocycles. The van der Waals surface area contributed by atoms with E-state index in [0.29, 0.717) is 11.0 Å². The summed E-state index contributed by atoms with van der Waals surface area (Å²) in [7, 11) is 0. The first kappa shape index (κ1) is 15.0. The van der Waals surface area contributed by atoms with Crippen molar-refractivity contribution in [1.82, 2.24) is 4.90 Å². The molecule has 3 nitrogen and oxygen atoms in total. The fraction of sp³-hybridized carbons (Fsp3) is 0.588. The second kappa shape index (κ2) is 6.40. The fourth-order valence-corrected chi connectivity index (χ4v) is 3.25. The van der Waals surface area contributed by atoms with Gasteiger partial charge in [0.05, 0.1) is 5.56 Å². The molecule has 0 unspecified atom stereocenters. The van der Waals surface area contributed by atoms with E-state index in [0.717, 1.165) is 25.2 Å². The van der Waals surface area contributed by atoms with Crippen LogP contribution in [0.5, 0.6) is 0 Å². The Kier molecular flexibility index (Phi) is 4.81. The molecule has 2 rings (SSSR count). The number of nitrogens with zero attached hydrogens (tertiary/aromatic N) is 1. The molecule has 0 atom stereocenters. The third kappa shape index (κ3) is 3.21. The SMILES string of the molecule is CCC1(CC)CCN(Cc2ccccc2C(=O)O)CC1. The van der Waals surface area contributed by atoms with E-state index >= 15 is 0 Å². The predicted octanol–water partition coefficient (Wildman–Crippen LogP) is 3.79. The molecular formula is C17H25NO2. The van der Waals surface area contributed by atoms with Gasteiger partial charge in [0, 0.05) is 6.54 Å². The summed E-state index contributed by atoms with van der Waals surface area (Å²) in [6.07, 6.45) is 4.97. The van der Waals surface area contributed by atoms with Crippen molar-refractivity contribution in [1.29, 1.82) is 0 Å². The lowest BCUT2D eigenvalue weighted by atomic mass is 9.74. The quantitative estimate of drug-likeness (QED) is 0.889. The number of carboxylic acid groups (broad SMARTS) is 1. The molecule has 0 aromatic heterocycles. The van der Waals surface area contributed by atoms with Crippen LogP contribution in [0, 0.1) is 5.41 Å². The number of aromatic carboxylic acids is 1. The van der Waals surface area contributed by atoms with Crippen LogP contribution in [0.15, 0.2) is 24.3 Å². The van der Waals surface area contributed by atoms with Crippen molar-refractivity contribution in [3.05, 3.63) is 35.4 Å². The molecule has 1 aliphatic heterocycles. The van der Waals surface area contributed by atoms with Crippen LogP contribution in [0.3, 0.4) is 0 Å². The van der Waals surface area contributed by atoms with E-state index in [2.05, 4.69) is 18.7 Å². The minimum Gasteiger partial charge on any atom is -0.478 e. The van der Waals surface area contributed by atoms with Gasteiger partial charge in [0.1, 0.15) is 0 Å². The highest BCUT2D eigenvalue weighted by Crippen LogP contribution is 2.38. The minimum absolute atomic E-state index is 0.440. The first-order chi connectivity index (χ1) is 9.60. The van der Waals surface area contributed by atoms with E-state index in [1.165, 1.54) is 25.7 Å². The van der Waals surface area contributed by atoms with Gasteiger partial charge in [-0.1, -0.05) is 44.9 Å². The van der Waals surface area contributed by atoms with Gasteiger partial charge in [-0.25, -0.2) is 4.79 Å². The molecule has 0 spiro atoms. The monoisotopic (exact) mass is 275 g/mol. The van der Waals surface area contributed by atoms with Crippen LogP contribution >= 0.6 is 0 Å². The number of hydrogen-bond donors (Lipinski definition) is 1. The molecule has 1 saturated heterocycles. The summed E-state index contributed by atoms with van der Waals surface area (Å²) in [6, 6.07) is 7.35. The highest BCUT2D eigenvalue weighted by atomic mass is 16.4. The predicted molar refractivity (Wildman–Crippen MR) is 80.9 cm³/mol. The number of carbonyl (C=O) groups is 1. The number of rotatable bonds is 5. The molecule has 0 bridgehead atoms. The third-order valence-corrected chi connectivity index (χ3v) is 5.06. The van der Waals surface area contributed by atoms with Crippen molar-refractivity contribution < 1.29 is 9.90 Å². The molecule has 20 heavy (non-hydrogen) atoms. The lowest BCUT2D eigenvalue weighted by Crippen LogP contribution is -2.39. The van der Waals surface area contributed by atoms with Crippen LogP contribution < -0.4 is 0 Å². The van der Waals surface area contributed by atoms with Gasteiger partial charge in [0.2, 0.25) is 0 Å². The Morgan fingerprint density at radius 2 is 1.80 bits per heavy atom. The van der Waals surface area contributed by atoms with Crippen LogP contribution in [0.2, 0.25) is 0 Å². The number of benzene rings is 1. The summed E-state index contributed by atoms with van der Waals surface area (Å²) >= 11 is 0. The van der Waals surface area contributed by atoms with Crippen LogP contribution in [0.25, 0.3) is 0 Å². The Balaban J connectivity index is 2.01. The van der Waals surface area contributed by atoms with Gasteiger partial charge in [-0.3, -0.25) is 4.90 Å². The molecule has 1 fully saturated rings. The van der Waals surface area contributed by atoms with Crippen LogP contribution in [0.1, 0.15) is 55.5 Å². The standard InChI is InChI=1S/C17H25NO2/c1-3-17(4-2)9-11-18(12-10-17)13-14-7-5-6-8-15(14)16(19)20/h5-8H,3-4,9-13H2,1-2H3,(H,19,20). The van der Waals surface area contributed by atoms with Crippen molar-refractivity contribution in [2.75, 3.05) is 13.1 Å². The third-order valence-electron chi connectivity index (χ3n) is 5.06. The molecule has 3 heteroatoms. The average Bonchev–Trinajstić information content (AvgIpc) is 2.49. The Morgan fingerprint density at radius 1 is 1.20 bits per heavy atom.